The smallest absolute Gasteiger partial charge is 0.126 e. The molecule has 17 heavy (non-hydrogen) atoms. The first kappa shape index (κ1) is 14.0. The van der Waals surface area contributed by atoms with Gasteiger partial charge in [-0.25, -0.2) is 0 Å². The van der Waals surface area contributed by atoms with Crippen LogP contribution in [-0.4, -0.2) is 22.4 Å². The molecule has 0 saturated heterocycles. The van der Waals surface area contributed by atoms with Crippen LogP contribution in [0, 0.1) is 5.92 Å². The third-order valence-electron chi connectivity index (χ3n) is 2.82. The fraction of sp³-hybridized carbons (Fsp3) is 0.538. The van der Waals surface area contributed by atoms with Crippen LogP contribution in [0.4, 0.5) is 0 Å². The van der Waals surface area contributed by atoms with Crippen molar-refractivity contribution in [3.05, 3.63) is 28.8 Å². The summed E-state index contributed by atoms with van der Waals surface area (Å²) in [5.74, 6) is 0.222. The maximum atomic E-state index is 9.75. The van der Waals surface area contributed by atoms with Gasteiger partial charge in [-0.2, -0.15) is 0 Å². The molecule has 0 aliphatic rings. The number of aromatic hydroxyl groups is 1. The Kier molecular flexibility index (Phi) is 4.93. The van der Waals surface area contributed by atoms with Gasteiger partial charge in [-0.05, 0) is 23.6 Å². The number of hydrogen-bond acceptors (Lipinski definition) is 4. The normalized spacial score (nSPS) is 13.1. The third kappa shape index (κ3) is 2.97. The van der Waals surface area contributed by atoms with Crippen LogP contribution in [0.1, 0.15) is 36.6 Å². The zero-order valence-electron chi connectivity index (χ0n) is 10.5. The van der Waals surface area contributed by atoms with E-state index in [0.717, 1.165) is 5.56 Å². The van der Waals surface area contributed by atoms with Gasteiger partial charge >= 0.3 is 0 Å². The summed E-state index contributed by atoms with van der Waals surface area (Å²) in [5, 5.41) is 28.1. The van der Waals surface area contributed by atoms with E-state index in [4.69, 9.17) is 4.74 Å². The first-order valence-electron chi connectivity index (χ1n) is 5.64. The lowest BCUT2D eigenvalue weighted by atomic mass is 9.94. The molecule has 0 aromatic heterocycles. The zero-order valence-corrected chi connectivity index (χ0v) is 10.5. The number of aliphatic hydroxyl groups excluding tert-OH is 2. The summed E-state index contributed by atoms with van der Waals surface area (Å²) in [5.41, 5.74) is 1.68. The van der Waals surface area contributed by atoms with E-state index in [2.05, 4.69) is 0 Å². The van der Waals surface area contributed by atoms with Crippen molar-refractivity contribution in [3.8, 4) is 5.75 Å². The number of hydrogen-bond donors (Lipinski definition) is 3. The Balaban J connectivity index is 3.24. The van der Waals surface area contributed by atoms with E-state index in [1.807, 2.05) is 13.8 Å². The van der Waals surface area contributed by atoms with Crippen molar-refractivity contribution in [2.24, 2.45) is 5.92 Å². The second-order valence-electron chi connectivity index (χ2n) is 4.40. The van der Waals surface area contributed by atoms with E-state index in [9.17, 15) is 15.3 Å². The summed E-state index contributed by atoms with van der Waals surface area (Å²) in [4.78, 5) is 0. The summed E-state index contributed by atoms with van der Waals surface area (Å²) in [6.07, 6.45) is -0.119. The second-order valence-corrected chi connectivity index (χ2v) is 4.40. The van der Waals surface area contributed by atoms with Crippen LogP contribution < -0.4 is 0 Å². The molecular formula is C13H20O4. The number of aliphatic hydroxyl groups is 2. The molecule has 96 valence electrons. The molecule has 0 aliphatic heterocycles. The Morgan fingerprint density at radius 1 is 1.12 bits per heavy atom. The summed E-state index contributed by atoms with van der Waals surface area (Å²) in [6.45, 7) is 3.53. The van der Waals surface area contributed by atoms with Crippen molar-refractivity contribution < 1.29 is 20.1 Å². The molecule has 0 amide bonds. The summed E-state index contributed by atoms with van der Waals surface area (Å²) < 4.78 is 5.39. The molecule has 1 aromatic carbocycles. The van der Waals surface area contributed by atoms with E-state index >= 15 is 0 Å². The van der Waals surface area contributed by atoms with Gasteiger partial charge in [0.1, 0.15) is 5.75 Å². The number of rotatable bonds is 5. The Hall–Kier alpha value is -1.10. The quantitative estimate of drug-likeness (QED) is 0.733. The minimum absolute atomic E-state index is 0.0441. The molecule has 3 N–H and O–H groups in total. The second kappa shape index (κ2) is 6.00. The highest BCUT2D eigenvalue weighted by Crippen LogP contribution is 2.32. The minimum Gasteiger partial charge on any atom is -0.507 e. The predicted octanol–water partition coefficient (Wildman–Crippen LogP) is 1.72. The highest BCUT2D eigenvalue weighted by atomic mass is 16.5. The molecule has 4 heteroatoms. The molecular weight excluding hydrogens is 220 g/mol. The van der Waals surface area contributed by atoms with E-state index in [0.29, 0.717) is 11.1 Å². The van der Waals surface area contributed by atoms with Gasteiger partial charge in [0, 0.05) is 18.2 Å². The molecule has 0 aliphatic carbocycles. The van der Waals surface area contributed by atoms with Crippen LogP contribution >= 0.6 is 0 Å². The fourth-order valence-corrected chi connectivity index (χ4v) is 1.99. The Labute approximate surface area is 101 Å². The van der Waals surface area contributed by atoms with E-state index in [-0.39, 0.29) is 31.0 Å². The maximum absolute atomic E-state index is 9.75. The predicted molar refractivity (Wildman–Crippen MR) is 64.5 cm³/mol. The van der Waals surface area contributed by atoms with Gasteiger partial charge in [0.2, 0.25) is 0 Å². The Bertz CT molecular complexity index is 349. The summed E-state index contributed by atoms with van der Waals surface area (Å²) >= 11 is 0. The molecule has 4 nitrogen and oxygen atoms in total. The lowest BCUT2D eigenvalue weighted by molar-refractivity contribution is 0.0643. The topological polar surface area (TPSA) is 69.9 Å². The van der Waals surface area contributed by atoms with Crippen LogP contribution in [-0.2, 0) is 18.0 Å². The van der Waals surface area contributed by atoms with Crippen molar-refractivity contribution >= 4 is 0 Å². The monoisotopic (exact) mass is 240 g/mol. The Morgan fingerprint density at radius 3 is 1.88 bits per heavy atom. The average Bonchev–Trinajstić information content (AvgIpc) is 2.31. The number of ether oxygens (including phenoxy) is 1. The number of benzene rings is 1. The molecule has 0 spiro atoms. The molecule has 0 heterocycles. The first-order valence-corrected chi connectivity index (χ1v) is 5.64. The van der Waals surface area contributed by atoms with Crippen LogP contribution in [0.2, 0.25) is 0 Å². The molecule has 0 saturated carbocycles. The first-order chi connectivity index (χ1) is 8.04. The Morgan fingerprint density at radius 2 is 1.59 bits per heavy atom. The van der Waals surface area contributed by atoms with Gasteiger partial charge in [0.25, 0.3) is 0 Å². The van der Waals surface area contributed by atoms with Crippen LogP contribution in [0.15, 0.2) is 12.1 Å². The molecule has 0 bridgehead atoms. The van der Waals surface area contributed by atoms with Crippen LogP contribution in [0.3, 0.4) is 0 Å². The highest BCUT2D eigenvalue weighted by Gasteiger charge is 2.18. The average molecular weight is 240 g/mol. The van der Waals surface area contributed by atoms with Gasteiger partial charge in [0.15, 0.2) is 0 Å². The maximum Gasteiger partial charge on any atom is 0.126 e. The number of methoxy groups -OCH3 is 1. The van der Waals surface area contributed by atoms with Gasteiger partial charge in [-0.15, -0.1) is 0 Å². The van der Waals surface area contributed by atoms with Gasteiger partial charge < -0.3 is 20.1 Å². The molecule has 0 fully saturated rings. The minimum atomic E-state index is -0.263. The van der Waals surface area contributed by atoms with Crippen molar-refractivity contribution in [2.45, 2.75) is 33.2 Å². The summed E-state index contributed by atoms with van der Waals surface area (Å²) in [7, 11) is 1.62. The molecule has 1 unspecified atom stereocenters. The standard InChI is InChI=1S/C13H20O4/c1-8(2)13(17-3)9-4-10(6-14)12(16)11(5-9)7-15/h4-5,8,13-16H,6-7H2,1-3H3. The molecule has 1 aromatic rings. The van der Waals surface area contributed by atoms with Crippen LogP contribution in [0.5, 0.6) is 5.75 Å². The fourth-order valence-electron chi connectivity index (χ4n) is 1.99. The van der Waals surface area contributed by atoms with Crippen molar-refractivity contribution in [2.75, 3.05) is 7.11 Å². The zero-order chi connectivity index (χ0) is 13.0. The van der Waals surface area contributed by atoms with E-state index in [1.54, 1.807) is 19.2 Å². The summed E-state index contributed by atoms with van der Waals surface area (Å²) in [6, 6.07) is 3.42. The van der Waals surface area contributed by atoms with E-state index < -0.39 is 0 Å². The van der Waals surface area contributed by atoms with Crippen LogP contribution in [0.25, 0.3) is 0 Å². The lowest BCUT2D eigenvalue weighted by Crippen LogP contribution is -2.10. The van der Waals surface area contributed by atoms with Gasteiger partial charge in [0.05, 0.1) is 19.3 Å². The van der Waals surface area contributed by atoms with Crippen molar-refractivity contribution in [1.29, 1.82) is 0 Å². The SMILES string of the molecule is COC(c1cc(CO)c(O)c(CO)c1)C(C)C. The number of phenols is 1. The molecule has 0 radical (unpaired) electrons. The molecule has 1 atom stereocenters. The highest BCUT2D eigenvalue weighted by molar-refractivity contribution is 5.44. The van der Waals surface area contributed by atoms with Crippen molar-refractivity contribution in [1.82, 2.24) is 0 Å². The van der Waals surface area contributed by atoms with Crippen molar-refractivity contribution in [3.63, 3.8) is 0 Å². The lowest BCUT2D eigenvalue weighted by Gasteiger charge is -2.21. The molecule has 1 rings (SSSR count). The van der Waals surface area contributed by atoms with E-state index in [1.165, 1.54) is 0 Å². The van der Waals surface area contributed by atoms with Gasteiger partial charge in [-0.1, -0.05) is 13.8 Å². The van der Waals surface area contributed by atoms with Gasteiger partial charge in [-0.3, -0.25) is 0 Å². The largest absolute Gasteiger partial charge is 0.507 e. The third-order valence-corrected chi connectivity index (χ3v) is 2.82.